The zero-order valence-electron chi connectivity index (χ0n) is 33.4. The van der Waals surface area contributed by atoms with E-state index >= 15 is 0 Å². The largest absolute Gasteiger partial charge is 0.507 e. The highest BCUT2D eigenvalue weighted by atomic mass is 16.8. The maximum Gasteiger partial charge on any atom is 0.229 e. The van der Waals surface area contributed by atoms with Gasteiger partial charge in [-0.1, -0.05) is 0 Å². The first-order valence-corrected chi connectivity index (χ1v) is 19.9. The lowest BCUT2D eigenvalue weighted by atomic mass is 9.97. The number of aliphatic hydroxyl groups is 13. The molecule has 0 saturated carbocycles. The van der Waals surface area contributed by atoms with Crippen molar-refractivity contribution < 1.29 is 119 Å². The van der Waals surface area contributed by atoms with Crippen LogP contribution in [-0.4, -0.2) is 219 Å². The van der Waals surface area contributed by atoms with Crippen molar-refractivity contribution in [2.75, 3.05) is 19.8 Å². The van der Waals surface area contributed by atoms with Crippen LogP contribution in [-0.2, 0) is 28.4 Å². The fourth-order valence-corrected chi connectivity index (χ4v) is 7.69. The van der Waals surface area contributed by atoms with E-state index < -0.39 is 160 Å². The summed E-state index contributed by atoms with van der Waals surface area (Å²) in [6, 6.07) is 6.62. The number of benzene rings is 2. The summed E-state index contributed by atoms with van der Waals surface area (Å²) < 4.78 is 51.0. The van der Waals surface area contributed by atoms with Crippen molar-refractivity contribution in [3.8, 4) is 34.3 Å². The van der Waals surface area contributed by atoms with Crippen molar-refractivity contribution in [2.45, 2.75) is 130 Å². The number of hydrogen-bond donors (Lipinski definition) is 15. The standard InChI is InChI=1S/C39H50O25/c1-11-24(46)28(50)32(54)36(56-11)63-34-30(52)26(48)21(9-41)61-38(34)57-13-5-15(44)23-16(45)7-18(58-19(23)6-13)12-2-3-17(14(43)4-12)59-39-35(31(53)27(49)22(10-42)62-39)64-37-33(55)29(51)25(47)20(8-40)60-37/h2-7,11,20-22,24-44,46-55H,8-10H2,1H3/t11-,20+,21-,22+,24-,25+,26+,27+,28-,29-,30-,31-,32+,33-,34+,35+,36-,37-,38+,39+/m0/s1. The normalized spacial score (nSPS) is 40.6. The zero-order chi connectivity index (χ0) is 46.5. The first-order valence-electron chi connectivity index (χ1n) is 19.9. The second-order valence-electron chi connectivity index (χ2n) is 15.7. The summed E-state index contributed by atoms with van der Waals surface area (Å²) in [5.74, 6) is -2.15. The molecule has 2 aromatic carbocycles. The zero-order valence-corrected chi connectivity index (χ0v) is 33.4. The van der Waals surface area contributed by atoms with Crippen molar-refractivity contribution in [3.63, 3.8) is 0 Å². The van der Waals surface area contributed by atoms with Crippen molar-refractivity contribution in [2.24, 2.45) is 0 Å². The lowest BCUT2D eigenvalue weighted by molar-refractivity contribution is -0.358. The lowest BCUT2D eigenvalue weighted by Gasteiger charge is -2.45. The molecule has 0 radical (unpaired) electrons. The number of aromatic hydroxyl groups is 2. The number of phenolic OH excluding ortho intramolecular Hbond substituents is 2. The fourth-order valence-electron chi connectivity index (χ4n) is 7.69. The average molecular weight is 919 g/mol. The summed E-state index contributed by atoms with van der Waals surface area (Å²) in [5.41, 5.74) is -1.04. The van der Waals surface area contributed by atoms with E-state index in [-0.39, 0.29) is 33.8 Å². The Kier molecular flexibility index (Phi) is 14.6. The Balaban J connectivity index is 1.13. The number of rotatable bonds is 12. The molecule has 0 unspecified atom stereocenters. The number of fused-ring (bicyclic) bond motifs is 1. The van der Waals surface area contributed by atoms with Crippen LogP contribution in [0.4, 0.5) is 0 Å². The van der Waals surface area contributed by atoms with E-state index in [2.05, 4.69) is 0 Å². The van der Waals surface area contributed by atoms with Gasteiger partial charge >= 0.3 is 0 Å². The van der Waals surface area contributed by atoms with Crippen LogP contribution in [0.1, 0.15) is 6.92 Å². The Morgan fingerprint density at radius 2 is 1.03 bits per heavy atom. The predicted octanol–water partition coefficient (Wildman–Crippen LogP) is -6.10. The number of aliphatic hydroxyl groups excluding tert-OH is 13. The number of phenols is 2. The van der Waals surface area contributed by atoms with Crippen LogP contribution in [0, 0.1) is 0 Å². The molecular weight excluding hydrogens is 868 g/mol. The van der Waals surface area contributed by atoms with Gasteiger partial charge in [-0.3, -0.25) is 4.79 Å². The highest BCUT2D eigenvalue weighted by Crippen LogP contribution is 2.39. The van der Waals surface area contributed by atoms with Crippen LogP contribution in [0.3, 0.4) is 0 Å². The Hall–Kier alpha value is -3.91. The van der Waals surface area contributed by atoms with Gasteiger partial charge in [-0.15, -0.1) is 0 Å². The van der Waals surface area contributed by atoms with E-state index in [0.717, 1.165) is 30.3 Å². The van der Waals surface area contributed by atoms with Crippen LogP contribution in [0.25, 0.3) is 22.3 Å². The fraction of sp³-hybridized carbons (Fsp3) is 0.615. The van der Waals surface area contributed by atoms with Crippen molar-refractivity contribution in [1.82, 2.24) is 0 Å². The van der Waals surface area contributed by atoms with Gasteiger partial charge in [0.2, 0.25) is 12.6 Å². The van der Waals surface area contributed by atoms with Gasteiger partial charge in [0.1, 0.15) is 108 Å². The van der Waals surface area contributed by atoms with E-state index in [1.165, 1.54) is 13.0 Å². The molecule has 4 aliphatic heterocycles. The molecule has 0 aliphatic carbocycles. The molecule has 64 heavy (non-hydrogen) atoms. The molecule has 25 heteroatoms. The second-order valence-corrected chi connectivity index (χ2v) is 15.7. The van der Waals surface area contributed by atoms with E-state index in [1.807, 2.05) is 0 Å². The third kappa shape index (κ3) is 9.25. The monoisotopic (exact) mass is 918 g/mol. The molecule has 356 valence electrons. The quantitative estimate of drug-likeness (QED) is 0.0804. The molecule has 4 saturated heterocycles. The first kappa shape index (κ1) is 48.0. The van der Waals surface area contributed by atoms with Gasteiger partial charge in [0, 0.05) is 23.8 Å². The number of hydrogen-bond acceptors (Lipinski definition) is 25. The summed E-state index contributed by atoms with van der Waals surface area (Å²) in [6.45, 7) is -1.08. The van der Waals surface area contributed by atoms with E-state index in [1.54, 1.807) is 0 Å². The smallest absolute Gasteiger partial charge is 0.229 e. The first-order chi connectivity index (χ1) is 30.4. The molecule has 0 bridgehead atoms. The van der Waals surface area contributed by atoms with Gasteiger partial charge in [0.15, 0.2) is 41.7 Å². The second kappa shape index (κ2) is 19.5. The molecule has 3 aromatic rings. The molecule has 15 N–H and O–H groups in total. The van der Waals surface area contributed by atoms with Crippen molar-refractivity contribution in [1.29, 1.82) is 0 Å². The summed E-state index contributed by atoms with van der Waals surface area (Å²) in [4.78, 5) is 13.3. The summed E-state index contributed by atoms with van der Waals surface area (Å²) >= 11 is 0. The summed E-state index contributed by atoms with van der Waals surface area (Å²) in [6.07, 6.45) is -33.9. The Labute approximate surface area is 360 Å². The molecule has 4 fully saturated rings. The van der Waals surface area contributed by atoms with Gasteiger partial charge < -0.3 is 119 Å². The summed E-state index contributed by atoms with van der Waals surface area (Å²) in [7, 11) is 0. The molecule has 25 nitrogen and oxygen atoms in total. The molecule has 4 aliphatic rings. The maximum absolute atomic E-state index is 13.3. The van der Waals surface area contributed by atoms with Gasteiger partial charge in [0.05, 0.1) is 25.9 Å². The molecule has 20 atom stereocenters. The molecule has 0 spiro atoms. The molecule has 1 aromatic heterocycles. The van der Waals surface area contributed by atoms with E-state index in [4.69, 9.17) is 42.3 Å². The Bertz CT molecular complexity index is 2120. The predicted molar refractivity (Wildman–Crippen MR) is 204 cm³/mol. The van der Waals surface area contributed by atoms with Gasteiger partial charge in [0.25, 0.3) is 0 Å². The van der Waals surface area contributed by atoms with E-state index in [9.17, 15) is 81.4 Å². The Morgan fingerprint density at radius 1 is 0.531 bits per heavy atom. The highest BCUT2D eigenvalue weighted by Gasteiger charge is 2.53. The number of ether oxygens (including phenoxy) is 8. The topological polar surface area (TPSA) is 408 Å². The molecular formula is C39H50O25. The SMILES string of the molecule is C[C@@H]1O[C@@H](O[C@H]2[C@H](Oc3cc(O)c4c(=O)cc(-c5ccc(O[C@@H]6O[C@H](CO)[C@@H](O)[C@H](O)[C@H]6O[C@@H]6O[C@H](CO)[C@@H](O)[C@H](O)[C@@H]6O)c(O)c5)oc4c3)O[C@@H](CO)[C@@H](O)[C@@H]2O)[C@H](O)[C@@H](O)[C@H]1O. The van der Waals surface area contributed by atoms with Gasteiger partial charge in [-0.05, 0) is 25.1 Å². The minimum Gasteiger partial charge on any atom is -0.507 e. The van der Waals surface area contributed by atoms with Crippen molar-refractivity contribution in [3.05, 3.63) is 46.6 Å². The molecule has 5 heterocycles. The minimum absolute atomic E-state index is 0.0385. The van der Waals surface area contributed by atoms with Crippen LogP contribution < -0.4 is 14.9 Å². The molecule has 0 amide bonds. The maximum atomic E-state index is 13.3. The van der Waals surface area contributed by atoms with Crippen LogP contribution >= 0.6 is 0 Å². The van der Waals surface area contributed by atoms with Crippen LogP contribution in [0.2, 0.25) is 0 Å². The van der Waals surface area contributed by atoms with Crippen LogP contribution in [0.5, 0.6) is 23.0 Å². The minimum atomic E-state index is -1.94. The molecule has 7 rings (SSSR count). The highest BCUT2D eigenvalue weighted by molar-refractivity contribution is 5.86. The third-order valence-corrected chi connectivity index (χ3v) is 11.4. The third-order valence-electron chi connectivity index (χ3n) is 11.4. The average Bonchev–Trinajstić information content (AvgIpc) is 3.26. The van der Waals surface area contributed by atoms with Gasteiger partial charge in [-0.25, -0.2) is 0 Å². The Morgan fingerprint density at radius 3 is 1.58 bits per heavy atom. The lowest BCUT2D eigenvalue weighted by Crippen LogP contribution is -2.65. The summed E-state index contributed by atoms with van der Waals surface area (Å²) in [5, 5.41) is 156. The van der Waals surface area contributed by atoms with Crippen LogP contribution in [0.15, 0.2) is 45.6 Å². The van der Waals surface area contributed by atoms with Crippen molar-refractivity contribution >= 4 is 11.0 Å². The van der Waals surface area contributed by atoms with Gasteiger partial charge in [-0.2, -0.15) is 0 Å². The van der Waals surface area contributed by atoms with E-state index in [0.29, 0.717) is 0 Å².